The first kappa shape index (κ1) is 15.2. The topological polar surface area (TPSA) is 83.6 Å². The standard InChI is InChI=1S/C16H14ClN5O/c17-13-4-2-1-3-11(13)5-6-14(23)19-16-20-15(21-22-16)12-7-9-18-10-8-12/h1-4,7-10H,5-6H2,(H2,19,20,21,22,23). The van der Waals surface area contributed by atoms with Crippen molar-refractivity contribution in [2.45, 2.75) is 12.8 Å². The number of amides is 1. The number of hydrogen-bond acceptors (Lipinski definition) is 4. The number of benzene rings is 1. The van der Waals surface area contributed by atoms with Gasteiger partial charge in [0.05, 0.1) is 0 Å². The van der Waals surface area contributed by atoms with Crippen molar-refractivity contribution in [3.63, 3.8) is 0 Å². The van der Waals surface area contributed by atoms with Crippen LogP contribution >= 0.6 is 11.6 Å². The fourth-order valence-electron chi connectivity index (χ4n) is 2.10. The Labute approximate surface area is 137 Å². The molecule has 0 saturated heterocycles. The molecular formula is C16H14ClN5O. The summed E-state index contributed by atoms with van der Waals surface area (Å²) >= 11 is 6.07. The van der Waals surface area contributed by atoms with E-state index in [1.807, 2.05) is 36.4 Å². The molecular weight excluding hydrogens is 314 g/mol. The number of anilines is 1. The maximum Gasteiger partial charge on any atom is 0.228 e. The number of aryl methyl sites for hydroxylation is 1. The molecule has 2 heterocycles. The van der Waals surface area contributed by atoms with Crippen LogP contribution in [0.3, 0.4) is 0 Å². The van der Waals surface area contributed by atoms with E-state index in [1.165, 1.54) is 0 Å². The highest BCUT2D eigenvalue weighted by atomic mass is 35.5. The van der Waals surface area contributed by atoms with Crippen LogP contribution in [-0.4, -0.2) is 26.1 Å². The second kappa shape index (κ2) is 7.02. The molecule has 7 heteroatoms. The van der Waals surface area contributed by atoms with Gasteiger partial charge in [0.2, 0.25) is 11.9 Å². The molecule has 0 aliphatic heterocycles. The summed E-state index contributed by atoms with van der Waals surface area (Å²) in [6.07, 6.45) is 4.21. The Morgan fingerprint density at radius 2 is 1.91 bits per heavy atom. The molecule has 0 atom stereocenters. The summed E-state index contributed by atoms with van der Waals surface area (Å²) in [5.74, 6) is 0.747. The Hall–Kier alpha value is -2.73. The molecule has 3 aromatic rings. The molecule has 6 nitrogen and oxygen atoms in total. The van der Waals surface area contributed by atoms with Gasteiger partial charge >= 0.3 is 0 Å². The molecule has 0 fully saturated rings. The summed E-state index contributed by atoms with van der Waals surface area (Å²) in [5, 5.41) is 11.3. The van der Waals surface area contributed by atoms with Crippen molar-refractivity contribution in [1.29, 1.82) is 0 Å². The molecule has 1 amide bonds. The quantitative estimate of drug-likeness (QED) is 0.754. The van der Waals surface area contributed by atoms with Crippen LogP contribution in [0, 0.1) is 0 Å². The molecule has 3 rings (SSSR count). The zero-order valence-electron chi connectivity index (χ0n) is 12.2. The highest BCUT2D eigenvalue weighted by Crippen LogP contribution is 2.17. The predicted molar refractivity (Wildman–Crippen MR) is 88.0 cm³/mol. The minimum Gasteiger partial charge on any atom is -0.307 e. The first-order valence-electron chi connectivity index (χ1n) is 7.09. The number of carbonyl (C=O) groups is 1. The maximum atomic E-state index is 12.0. The van der Waals surface area contributed by atoms with Gasteiger partial charge in [-0.2, -0.15) is 0 Å². The number of carbonyl (C=O) groups excluding carboxylic acids is 1. The molecule has 0 aliphatic carbocycles. The highest BCUT2D eigenvalue weighted by molar-refractivity contribution is 6.31. The lowest BCUT2D eigenvalue weighted by atomic mass is 10.1. The molecule has 0 spiro atoms. The average Bonchev–Trinajstić information content (AvgIpc) is 3.03. The number of nitrogens with zero attached hydrogens (tertiary/aromatic N) is 3. The number of hydrogen-bond donors (Lipinski definition) is 2. The molecule has 2 N–H and O–H groups in total. The number of rotatable bonds is 5. The third kappa shape index (κ3) is 3.92. The molecule has 0 aliphatic rings. The number of nitrogens with one attached hydrogen (secondary N) is 2. The van der Waals surface area contributed by atoms with E-state index in [-0.39, 0.29) is 5.91 Å². The molecule has 116 valence electrons. The zero-order valence-corrected chi connectivity index (χ0v) is 12.9. The second-order valence-electron chi connectivity index (χ2n) is 4.90. The van der Waals surface area contributed by atoms with Gasteiger partial charge in [0, 0.05) is 29.4 Å². The first-order valence-corrected chi connectivity index (χ1v) is 7.46. The van der Waals surface area contributed by atoms with Gasteiger partial charge < -0.3 is 4.98 Å². The number of aromatic nitrogens is 4. The maximum absolute atomic E-state index is 12.0. The van der Waals surface area contributed by atoms with E-state index >= 15 is 0 Å². The van der Waals surface area contributed by atoms with Crippen LogP contribution in [0.1, 0.15) is 12.0 Å². The summed E-state index contributed by atoms with van der Waals surface area (Å²) in [7, 11) is 0. The van der Waals surface area contributed by atoms with E-state index in [0.29, 0.717) is 29.6 Å². The Bertz CT molecular complexity index is 803. The Balaban J connectivity index is 1.58. The SMILES string of the molecule is O=C(CCc1ccccc1Cl)Nc1nnc(-c2ccncc2)[nH]1. The van der Waals surface area contributed by atoms with Crippen LogP contribution < -0.4 is 5.32 Å². The molecule has 0 saturated carbocycles. The van der Waals surface area contributed by atoms with Gasteiger partial charge in [0.1, 0.15) is 0 Å². The van der Waals surface area contributed by atoms with E-state index in [9.17, 15) is 4.79 Å². The molecule has 0 bridgehead atoms. The smallest absolute Gasteiger partial charge is 0.228 e. The third-order valence-corrected chi connectivity index (χ3v) is 3.65. The van der Waals surface area contributed by atoms with Crippen LogP contribution in [0.15, 0.2) is 48.8 Å². The van der Waals surface area contributed by atoms with Gasteiger partial charge in [0.25, 0.3) is 0 Å². The Morgan fingerprint density at radius 1 is 1.13 bits per heavy atom. The van der Waals surface area contributed by atoms with Crippen LogP contribution in [0.2, 0.25) is 5.02 Å². The second-order valence-corrected chi connectivity index (χ2v) is 5.30. The van der Waals surface area contributed by atoms with Crippen LogP contribution in [-0.2, 0) is 11.2 Å². The Kier molecular flexibility index (Phi) is 4.63. The molecule has 23 heavy (non-hydrogen) atoms. The fourth-order valence-corrected chi connectivity index (χ4v) is 2.33. The van der Waals surface area contributed by atoms with Gasteiger partial charge in [-0.05, 0) is 30.2 Å². The minimum absolute atomic E-state index is 0.151. The van der Waals surface area contributed by atoms with Crippen molar-refractivity contribution in [2.24, 2.45) is 0 Å². The average molecular weight is 328 g/mol. The van der Waals surface area contributed by atoms with E-state index in [0.717, 1.165) is 11.1 Å². The van der Waals surface area contributed by atoms with Gasteiger partial charge in [-0.1, -0.05) is 29.8 Å². The van der Waals surface area contributed by atoms with E-state index in [4.69, 9.17) is 11.6 Å². The highest BCUT2D eigenvalue weighted by Gasteiger charge is 2.09. The van der Waals surface area contributed by atoms with E-state index < -0.39 is 0 Å². The third-order valence-electron chi connectivity index (χ3n) is 3.28. The van der Waals surface area contributed by atoms with Crippen molar-refractivity contribution in [2.75, 3.05) is 5.32 Å². The summed E-state index contributed by atoms with van der Waals surface area (Å²) in [5.41, 5.74) is 1.79. The van der Waals surface area contributed by atoms with E-state index in [2.05, 4.69) is 25.5 Å². The van der Waals surface area contributed by atoms with Gasteiger partial charge in [-0.3, -0.25) is 15.1 Å². The van der Waals surface area contributed by atoms with Gasteiger partial charge in [0.15, 0.2) is 5.82 Å². The molecule has 0 unspecified atom stereocenters. The molecule has 1 aromatic carbocycles. The lowest BCUT2D eigenvalue weighted by molar-refractivity contribution is -0.116. The van der Waals surface area contributed by atoms with Crippen LogP contribution in [0.25, 0.3) is 11.4 Å². The lowest BCUT2D eigenvalue weighted by Crippen LogP contribution is -2.13. The van der Waals surface area contributed by atoms with Crippen LogP contribution in [0.4, 0.5) is 5.95 Å². The summed E-state index contributed by atoms with van der Waals surface area (Å²) < 4.78 is 0. The Morgan fingerprint density at radius 3 is 2.70 bits per heavy atom. The normalized spacial score (nSPS) is 10.5. The van der Waals surface area contributed by atoms with Crippen molar-refractivity contribution in [3.05, 3.63) is 59.4 Å². The monoisotopic (exact) mass is 327 g/mol. The number of aromatic amines is 1. The van der Waals surface area contributed by atoms with Crippen LogP contribution in [0.5, 0.6) is 0 Å². The van der Waals surface area contributed by atoms with Crippen molar-refractivity contribution in [3.8, 4) is 11.4 Å². The van der Waals surface area contributed by atoms with E-state index in [1.54, 1.807) is 12.4 Å². The lowest BCUT2D eigenvalue weighted by Gasteiger charge is -2.04. The predicted octanol–water partition coefficient (Wildman–Crippen LogP) is 3.09. The first-order chi connectivity index (χ1) is 11.2. The fraction of sp³-hybridized carbons (Fsp3) is 0.125. The van der Waals surface area contributed by atoms with Crippen molar-refractivity contribution < 1.29 is 4.79 Å². The molecule has 2 aromatic heterocycles. The number of H-pyrrole nitrogens is 1. The van der Waals surface area contributed by atoms with Crippen molar-refractivity contribution >= 4 is 23.5 Å². The largest absolute Gasteiger partial charge is 0.307 e. The number of pyridine rings is 1. The zero-order chi connectivity index (χ0) is 16.1. The number of halogens is 1. The summed E-state index contributed by atoms with van der Waals surface area (Å²) in [6.45, 7) is 0. The molecule has 0 radical (unpaired) electrons. The summed E-state index contributed by atoms with van der Waals surface area (Å²) in [4.78, 5) is 18.9. The summed E-state index contributed by atoms with van der Waals surface area (Å²) in [6, 6.07) is 11.1. The minimum atomic E-state index is -0.151. The van der Waals surface area contributed by atoms with Gasteiger partial charge in [-0.25, -0.2) is 0 Å². The van der Waals surface area contributed by atoms with Crippen molar-refractivity contribution in [1.82, 2.24) is 20.2 Å². The van der Waals surface area contributed by atoms with Gasteiger partial charge in [-0.15, -0.1) is 10.2 Å².